The molecule has 114 valence electrons. The van der Waals surface area contributed by atoms with Crippen molar-refractivity contribution in [2.45, 2.75) is 5.54 Å². The number of halogens is 1. The number of carbonyl (C=O) groups is 1. The molecular weight excluding hydrogens is 316 g/mol. The largest absolute Gasteiger partial charge is 0.397 e. The van der Waals surface area contributed by atoms with Gasteiger partial charge < -0.3 is 26.4 Å². The molecule has 0 unspecified atom stereocenters. The second kappa shape index (κ2) is 6.17. The van der Waals surface area contributed by atoms with Crippen LogP contribution in [-0.2, 0) is 0 Å². The van der Waals surface area contributed by atoms with Crippen LogP contribution >= 0.6 is 22.9 Å². The van der Waals surface area contributed by atoms with Crippen molar-refractivity contribution in [3.05, 3.63) is 28.1 Å². The summed E-state index contributed by atoms with van der Waals surface area (Å²) in [5.74, 6) is -0.568. The number of fused-ring (bicyclic) bond motifs is 1. The van der Waals surface area contributed by atoms with Gasteiger partial charge in [0.15, 0.2) is 0 Å². The van der Waals surface area contributed by atoms with Crippen molar-refractivity contribution < 1.29 is 20.1 Å². The molecule has 0 fully saturated rings. The number of carbonyl (C=O) groups excluding carboxylic acids is 1. The van der Waals surface area contributed by atoms with Crippen LogP contribution in [0.2, 0.25) is 5.02 Å². The number of benzene rings is 1. The number of anilines is 1. The van der Waals surface area contributed by atoms with E-state index in [4.69, 9.17) is 17.3 Å². The molecule has 2 aromatic rings. The van der Waals surface area contributed by atoms with Gasteiger partial charge in [-0.1, -0.05) is 11.6 Å². The summed E-state index contributed by atoms with van der Waals surface area (Å²) in [4.78, 5) is 12.5. The van der Waals surface area contributed by atoms with Crippen molar-refractivity contribution >= 4 is 44.6 Å². The average molecular weight is 331 g/mol. The molecular formula is C13H15ClN2O4S. The number of aliphatic hydroxyl groups excluding tert-OH is 3. The fourth-order valence-corrected chi connectivity index (χ4v) is 3.12. The molecule has 6 nitrogen and oxygen atoms in total. The number of nitrogens with one attached hydrogen (secondary N) is 1. The summed E-state index contributed by atoms with van der Waals surface area (Å²) in [5.41, 5.74) is 4.76. The number of aliphatic hydroxyl groups is 3. The van der Waals surface area contributed by atoms with Crippen LogP contribution in [0.25, 0.3) is 10.1 Å². The standard InChI is InChI=1S/C13H15ClN2O4S/c14-7-1-2-8-9(3-7)21-11(10(8)15)12(20)16-13(4-17,5-18)6-19/h1-3,17-19H,4-6,15H2,(H,16,20). The summed E-state index contributed by atoms with van der Waals surface area (Å²) < 4.78 is 0.757. The Kier molecular flexibility index (Phi) is 4.70. The van der Waals surface area contributed by atoms with Crippen LogP contribution in [-0.4, -0.2) is 46.6 Å². The predicted octanol–water partition coefficient (Wildman–Crippen LogP) is 0.582. The Morgan fingerprint density at radius 1 is 1.29 bits per heavy atom. The first-order valence-corrected chi connectivity index (χ1v) is 7.28. The van der Waals surface area contributed by atoms with Gasteiger partial charge in [0.1, 0.15) is 10.4 Å². The molecule has 0 bridgehead atoms. The van der Waals surface area contributed by atoms with Crippen LogP contribution in [0.4, 0.5) is 5.69 Å². The quantitative estimate of drug-likeness (QED) is 0.550. The highest BCUT2D eigenvalue weighted by atomic mass is 35.5. The van der Waals surface area contributed by atoms with E-state index in [0.29, 0.717) is 16.1 Å². The summed E-state index contributed by atoms with van der Waals surface area (Å²) in [6, 6.07) is 5.10. The number of rotatable bonds is 5. The lowest BCUT2D eigenvalue weighted by molar-refractivity contribution is 0.0377. The minimum Gasteiger partial charge on any atom is -0.397 e. The number of thiophene rings is 1. The fourth-order valence-electron chi connectivity index (χ4n) is 1.83. The minimum atomic E-state index is -1.49. The highest BCUT2D eigenvalue weighted by molar-refractivity contribution is 7.21. The zero-order valence-electron chi connectivity index (χ0n) is 11.0. The lowest BCUT2D eigenvalue weighted by Gasteiger charge is -2.28. The molecule has 0 radical (unpaired) electrons. The molecule has 0 saturated carbocycles. The third-order valence-corrected chi connectivity index (χ3v) is 4.59. The van der Waals surface area contributed by atoms with Gasteiger partial charge >= 0.3 is 0 Å². The van der Waals surface area contributed by atoms with Crippen molar-refractivity contribution in [1.82, 2.24) is 5.32 Å². The van der Waals surface area contributed by atoms with Gasteiger partial charge in [-0.05, 0) is 18.2 Å². The summed E-state index contributed by atoms with van der Waals surface area (Å²) in [6.07, 6.45) is 0. The van der Waals surface area contributed by atoms with Gasteiger partial charge in [-0.3, -0.25) is 4.79 Å². The van der Waals surface area contributed by atoms with Gasteiger partial charge in [-0.15, -0.1) is 11.3 Å². The lowest BCUT2D eigenvalue weighted by atomic mass is 10.0. The number of nitrogen functional groups attached to an aromatic ring is 1. The maximum absolute atomic E-state index is 12.3. The van der Waals surface area contributed by atoms with Crippen LogP contribution in [0, 0.1) is 0 Å². The van der Waals surface area contributed by atoms with Gasteiger partial charge in [0, 0.05) is 15.1 Å². The van der Waals surface area contributed by atoms with Gasteiger partial charge in [-0.2, -0.15) is 0 Å². The maximum Gasteiger partial charge on any atom is 0.264 e. The van der Waals surface area contributed by atoms with Crippen molar-refractivity contribution in [2.75, 3.05) is 25.6 Å². The third-order valence-electron chi connectivity index (χ3n) is 3.18. The van der Waals surface area contributed by atoms with E-state index in [0.717, 1.165) is 16.0 Å². The van der Waals surface area contributed by atoms with Gasteiger partial charge in [0.25, 0.3) is 5.91 Å². The molecule has 8 heteroatoms. The highest BCUT2D eigenvalue weighted by Gasteiger charge is 2.31. The second-order valence-electron chi connectivity index (χ2n) is 4.69. The van der Waals surface area contributed by atoms with E-state index in [2.05, 4.69) is 5.32 Å². The number of hydrogen-bond acceptors (Lipinski definition) is 6. The monoisotopic (exact) mass is 330 g/mol. The van der Waals surface area contributed by atoms with E-state index >= 15 is 0 Å². The first-order valence-electron chi connectivity index (χ1n) is 6.09. The van der Waals surface area contributed by atoms with Crippen LogP contribution in [0.5, 0.6) is 0 Å². The molecule has 0 aliphatic rings. The van der Waals surface area contributed by atoms with Gasteiger partial charge in [0.2, 0.25) is 0 Å². The first-order chi connectivity index (χ1) is 9.96. The number of amides is 1. The molecule has 0 aliphatic heterocycles. The molecule has 0 saturated heterocycles. The predicted molar refractivity (Wildman–Crippen MR) is 82.7 cm³/mol. The maximum atomic E-state index is 12.3. The number of hydrogen-bond donors (Lipinski definition) is 5. The molecule has 1 aromatic heterocycles. The Labute approximate surface area is 129 Å². The van der Waals surface area contributed by atoms with Crippen LogP contribution in [0.15, 0.2) is 18.2 Å². The number of nitrogens with two attached hydrogens (primary N) is 1. The molecule has 6 N–H and O–H groups in total. The molecule has 1 heterocycles. The summed E-state index contributed by atoms with van der Waals surface area (Å²) >= 11 is 7.05. The van der Waals surface area contributed by atoms with Crippen LogP contribution in [0.1, 0.15) is 9.67 Å². The molecule has 0 spiro atoms. The van der Waals surface area contributed by atoms with Crippen molar-refractivity contribution in [3.63, 3.8) is 0 Å². The topological polar surface area (TPSA) is 116 Å². The van der Waals surface area contributed by atoms with E-state index in [1.54, 1.807) is 18.2 Å². The third kappa shape index (κ3) is 2.97. The van der Waals surface area contributed by atoms with Crippen LogP contribution in [0.3, 0.4) is 0 Å². The van der Waals surface area contributed by atoms with Gasteiger partial charge in [0.05, 0.1) is 25.5 Å². The zero-order valence-corrected chi connectivity index (χ0v) is 12.5. The molecule has 21 heavy (non-hydrogen) atoms. The van der Waals surface area contributed by atoms with Crippen molar-refractivity contribution in [3.8, 4) is 0 Å². The summed E-state index contributed by atoms with van der Waals surface area (Å²) in [5, 5.41) is 31.4. The Hall–Kier alpha value is -1.38. The van der Waals surface area contributed by atoms with Crippen LogP contribution < -0.4 is 11.1 Å². The summed E-state index contributed by atoms with van der Waals surface area (Å²) in [6.45, 7) is -1.78. The fraction of sp³-hybridized carbons (Fsp3) is 0.308. The molecule has 1 amide bonds. The highest BCUT2D eigenvalue weighted by Crippen LogP contribution is 2.35. The lowest BCUT2D eigenvalue weighted by Crippen LogP contribution is -2.56. The first kappa shape index (κ1) is 16.0. The van der Waals surface area contributed by atoms with Gasteiger partial charge in [-0.25, -0.2) is 0 Å². The normalized spacial score (nSPS) is 11.8. The van der Waals surface area contributed by atoms with E-state index in [1.165, 1.54) is 0 Å². The zero-order chi connectivity index (χ0) is 15.6. The molecule has 1 aromatic carbocycles. The Morgan fingerprint density at radius 2 is 1.90 bits per heavy atom. The van der Waals surface area contributed by atoms with Crippen molar-refractivity contribution in [1.29, 1.82) is 0 Å². The molecule has 0 aliphatic carbocycles. The Bertz CT molecular complexity index is 661. The SMILES string of the molecule is Nc1c(C(=O)NC(CO)(CO)CO)sc2cc(Cl)ccc12. The molecule has 2 rings (SSSR count). The minimum absolute atomic E-state index is 0.243. The Morgan fingerprint density at radius 3 is 2.48 bits per heavy atom. The molecule has 0 atom stereocenters. The Balaban J connectivity index is 2.37. The van der Waals surface area contributed by atoms with E-state index in [1.807, 2.05) is 0 Å². The van der Waals surface area contributed by atoms with E-state index in [9.17, 15) is 20.1 Å². The average Bonchev–Trinajstić information content (AvgIpc) is 2.81. The van der Waals surface area contributed by atoms with Crippen molar-refractivity contribution in [2.24, 2.45) is 0 Å². The van der Waals surface area contributed by atoms with E-state index in [-0.39, 0.29) is 4.88 Å². The smallest absolute Gasteiger partial charge is 0.264 e. The van der Waals surface area contributed by atoms with E-state index < -0.39 is 31.3 Å². The second-order valence-corrected chi connectivity index (χ2v) is 6.18. The summed E-state index contributed by atoms with van der Waals surface area (Å²) in [7, 11) is 0.